The zero-order chi connectivity index (χ0) is 12.7. The standard InChI is InChI=1S/C12H17BrO4/c1-15-4-3-5-17-12-10(13)6-9(8-14)7-11(12)16-2/h6-7,14H,3-5,8H2,1-2H3. The molecule has 0 aliphatic heterocycles. The summed E-state index contributed by atoms with van der Waals surface area (Å²) in [6, 6.07) is 3.57. The number of aliphatic hydroxyl groups excluding tert-OH is 1. The molecule has 0 amide bonds. The zero-order valence-electron chi connectivity index (χ0n) is 10.0. The Bertz CT molecular complexity index is 355. The first kappa shape index (κ1) is 14.3. The predicted octanol–water partition coefficient (Wildman–Crippen LogP) is 2.37. The van der Waals surface area contributed by atoms with Crippen LogP contribution in [0.4, 0.5) is 0 Å². The monoisotopic (exact) mass is 304 g/mol. The fourth-order valence-corrected chi connectivity index (χ4v) is 1.99. The SMILES string of the molecule is COCCCOc1c(Br)cc(CO)cc1OC. The van der Waals surface area contributed by atoms with Crippen LogP contribution in [0.5, 0.6) is 11.5 Å². The van der Waals surface area contributed by atoms with Crippen molar-refractivity contribution in [2.75, 3.05) is 27.4 Å². The largest absolute Gasteiger partial charge is 0.493 e. The van der Waals surface area contributed by atoms with Crippen LogP contribution < -0.4 is 9.47 Å². The van der Waals surface area contributed by atoms with Gasteiger partial charge in [0, 0.05) is 20.1 Å². The van der Waals surface area contributed by atoms with Crippen molar-refractivity contribution >= 4 is 15.9 Å². The normalized spacial score (nSPS) is 10.4. The van der Waals surface area contributed by atoms with Crippen LogP contribution in [0.1, 0.15) is 12.0 Å². The lowest BCUT2D eigenvalue weighted by Crippen LogP contribution is -2.03. The summed E-state index contributed by atoms with van der Waals surface area (Å²) >= 11 is 3.40. The Morgan fingerprint density at radius 1 is 1.24 bits per heavy atom. The van der Waals surface area contributed by atoms with Gasteiger partial charge in [-0.25, -0.2) is 0 Å². The second kappa shape index (κ2) is 7.53. The molecule has 0 bridgehead atoms. The molecule has 0 heterocycles. The molecule has 0 spiro atoms. The van der Waals surface area contributed by atoms with E-state index in [1.807, 2.05) is 6.07 Å². The Labute approximate surface area is 110 Å². The summed E-state index contributed by atoms with van der Waals surface area (Å²) in [6.07, 6.45) is 0.813. The van der Waals surface area contributed by atoms with Crippen molar-refractivity contribution in [3.8, 4) is 11.5 Å². The summed E-state index contributed by atoms with van der Waals surface area (Å²) in [5, 5.41) is 9.09. The molecule has 0 aliphatic carbocycles. The summed E-state index contributed by atoms with van der Waals surface area (Å²) in [4.78, 5) is 0. The molecule has 0 aromatic heterocycles. The maximum Gasteiger partial charge on any atom is 0.175 e. The highest BCUT2D eigenvalue weighted by atomic mass is 79.9. The van der Waals surface area contributed by atoms with Gasteiger partial charge in [0.25, 0.3) is 0 Å². The molecule has 4 nitrogen and oxygen atoms in total. The van der Waals surface area contributed by atoms with Crippen LogP contribution in [0, 0.1) is 0 Å². The van der Waals surface area contributed by atoms with E-state index in [1.54, 1.807) is 20.3 Å². The van der Waals surface area contributed by atoms with Gasteiger partial charge in [0.15, 0.2) is 11.5 Å². The number of benzene rings is 1. The van der Waals surface area contributed by atoms with Crippen LogP contribution in [0.2, 0.25) is 0 Å². The summed E-state index contributed by atoms with van der Waals surface area (Å²) in [7, 11) is 3.23. The van der Waals surface area contributed by atoms with Gasteiger partial charge >= 0.3 is 0 Å². The fraction of sp³-hybridized carbons (Fsp3) is 0.500. The number of aliphatic hydroxyl groups is 1. The van der Waals surface area contributed by atoms with Crippen LogP contribution >= 0.6 is 15.9 Å². The van der Waals surface area contributed by atoms with Crippen LogP contribution in [0.25, 0.3) is 0 Å². The molecular weight excluding hydrogens is 288 g/mol. The maximum atomic E-state index is 9.09. The highest BCUT2D eigenvalue weighted by Gasteiger charge is 2.11. The number of hydrogen-bond acceptors (Lipinski definition) is 4. The smallest absolute Gasteiger partial charge is 0.175 e. The van der Waals surface area contributed by atoms with Crippen molar-refractivity contribution in [1.29, 1.82) is 0 Å². The van der Waals surface area contributed by atoms with Crippen molar-refractivity contribution in [2.24, 2.45) is 0 Å². The van der Waals surface area contributed by atoms with E-state index < -0.39 is 0 Å². The van der Waals surface area contributed by atoms with Gasteiger partial charge in [0.2, 0.25) is 0 Å². The minimum atomic E-state index is -0.0289. The van der Waals surface area contributed by atoms with Gasteiger partial charge in [-0.05, 0) is 33.6 Å². The molecule has 1 N–H and O–H groups in total. The molecule has 5 heteroatoms. The molecule has 0 atom stereocenters. The number of rotatable bonds is 7. The minimum Gasteiger partial charge on any atom is -0.493 e. The average molecular weight is 305 g/mol. The molecule has 1 aromatic rings. The van der Waals surface area contributed by atoms with Crippen molar-refractivity contribution in [2.45, 2.75) is 13.0 Å². The molecular formula is C12H17BrO4. The molecule has 17 heavy (non-hydrogen) atoms. The van der Waals surface area contributed by atoms with Crippen LogP contribution in [-0.4, -0.2) is 32.5 Å². The van der Waals surface area contributed by atoms with E-state index in [0.717, 1.165) is 16.5 Å². The van der Waals surface area contributed by atoms with E-state index in [9.17, 15) is 0 Å². The van der Waals surface area contributed by atoms with Crippen LogP contribution in [-0.2, 0) is 11.3 Å². The highest BCUT2D eigenvalue weighted by molar-refractivity contribution is 9.10. The summed E-state index contributed by atoms with van der Waals surface area (Å²) in [6.45, 7) is 1.19. The van der Waals surface area contributed by atoms with Crippen molar-refractivity contribution in [3.05, 3.63) is 22.2 Å². The van der Waals surface area contributed by atoms with E-state index >= 15 is 0 Å². The molecule has 0 radical (unpaired) electrons. The van der Waals surface area contributed by atoms with E-state index in [0.29, 0.717) is 24.7 Å². The van der Waals surface area contributed by atoms with Crippen molar-refractivity contribution in [1.82, 2.24) is 0 Å². The molecule has 0 fully saturated rings. The second-order valence-electron chi connectivity index (χ2n) is 3.46. The summed E-state index contributed by atoms with van der Waals surface area (Å²) in [5.41, 5.74) is 0.776. The molecule has 0 unspecified atom stereocenters. The van der Waals surface area contributed by atoms with Gasteiger partial charge in [-0.15, -0.1) is 0 Å². The van der Waals surface area contributed by atoms with Gasteiger partial charge in [-0.2, -0.15) is 0 Å². The number of ether oxygens (including phenoxy) is 3. The Kier molecular flexibility index (Phi) is 6.32. The van der Waals surface area contributed by atoms with Crippen molar-refractivity contribution in [3.63, 3.8) is 0 Å². The first-order valence-electron chi connectivity index (χ1n) is 5.32. The first-order valence-corrected chi connectivity index (χ1v) is 6.11. The van der Waals surface area contributed by atoms with Gasteiger partial charge in [0.1, 0.15) is 0 Å². The van der Waals surface area contributed by atoms with Crippen LogP contribution in [0.3, 0.4) is 0 Å². The third-order valence-electron chi connectivity index (χ3n) is 2.21. The number of halogens is 1. The van der Waals surface area contributed by atoms with E-state index in [1.165, 1.54) is 0 Å². The molecule has 1 aromatic carbocycles. The Morgan fingerprint density at radius 2 is 2.00 bits per heavy atom. The number of methoxy groups -OCH3 is 2. The third kappa shape index (κ3) is 4.18. The van der Waals surface area contributed by atoms with E-state index in [-0.39, 0.29) is 6.61 Å². The zero-order valence-corrected chi connectivity index (χ0v) is 11.6. The third-order valence-corrected chi connectivity index (χ3v) is 2.80. The minimum absolute atomic E-state index is 0.0289. The van der Waals surface area contributed by atoms with Crippen LogP contribution in [0.15, 0.2) is 16.6 Å². The molecule has 0 saturated heterocycles. The molecule has 96 valence electrons. The topological polar surface area (TPSA) is 47.9 Å². The quantitative estimate of drug-likeness (QED) is 0.786. The fourth-order valence-electron chi connectivity index (χ4n) is 1.38. The first-order chi connectivity index (χ1) is 8.22. The average Bonchev–Trinajstić information content (AvgIpc) is 2.35. The summed E-state index contributed by atoms with van der Waals surface area (Å²) < 4.78 is 16.6. The lowest BCUT2D eigenvalue weighted by atomic mass is 10.2. The number of hydrogen-bond donors (Lipinski definition) is 1. The predicted molar refractivity (Wildman–Crippen MR) is 68.6 cm³/mol. The molecule has 1 rings (SSSR count). The Morgan fingerprint density at radius 3 is 2.59 bits per heavy atom. The summed E-state index contributed by atoms with van der Waals surface area (Å²) in [5.74, 6) is 1.27. The van der Waals surface area contributed by atoms with Gasteiger partial charge in [-0.3, -0.25) is 0 Å². The Balaban J connectivity index is 2.75. The second-order valence-corrected chi connectivity index (χ2v) is 4.32. The maximum absolute atomic E-state index is 9.09. The Hall–Kier alpha value is -0.780. The highest BCUT2D eigenvalue weighted by Crippen LogP contribution is 2.36. The molecule has 0 aliphatic rings. The van der Waals surface area contributed by atoms with Gasteiger partial charge in [0.05, 0.1) is 24.8 Å². The van der Waals surface area contributed by atoms with Gasteiger partial charge < -0.3 is 19.3 Å². The van der Waals surface area contributed by atoms with Gasteiger partial charge in [-0.1, -0.05) is 0 Å². The van der Waals surface area contributed by atoms with E-state index in [4.69, 9.17) is 19.3 Å². The molecule has 0 saturated carbocycles. The lowest BCUT2D eigenvalue weighted by molar-refractivity contribution is 0.170. The lowest BCUT2D eigenvalue weighted by Gasteiger charge is -2.13. The van der Waals surface area contributed by atoms with Crippen molar-refractivity contribution < 1.29 is 19.3 Å². The van der Waals surface area contributed by atoms with E-state index in [2.05, 4.69) is 15.9 Å².